The van der Waals surface area contributed by atoms with Crippen molar-refractivity contribution in [1.82, 2.24) is 9.55 Å². The van der Waals surface area contributed by atoms with Gasteiger partial charge in [0.1, 0.15) is 29.6 Å². The van der Waals surface area contributed by atoms with Crippen molar-refractivity contribution in [2.75, 3.05) is 6.61 Å². The topological polar surface area (TPSA) is 125 Å². The molecule has 0 amide bonds. The molecule has 2 rings (SSSR count). The first-order chi connectivity index (χ1) is 8.88. The van der Waals surface area contributed by atoms with Crippen molar-refractivity contribution in [3.8, 4) is 0 Å². The number of aromatic nitrogens is 2. The summed E-state index contributed by atoms with van der Waals surface area (Å²) >= 11 is 5.90. The lowest BCUT2D eigenvalue weighted by molar-refractivity contribution is -0.0233. The lowest BCUT2D eigenvalue weighted by Gasteiger charge is -2.16. The van der Waals surface area contributed by atoms with E-state index in [0.29, 0.717) is 0 Å². The van der Waals surface area contributed by atoms with Gasteiger partial charge in [-0.1, -0.05) is 11.6 Å². The number of nitrogens with one attached hydrogen (secondary N) is 1. The third-order valence-electron chi connectivity index (χ3n) is 3.11. The largest absolute Gasteiger partial charge is 0.394 e. The highest BCUT2D eigenvalue weighted by Gasteiger charge is 2.45. The van der Waals surface area contributed by atoms with Crippen molar-refractivity contribution in [3.05, 3.63) is 31.6 Å². The Morgan fingerprint density at radius 3 is 2.53 bits per heavy atom. The number of ether oxygens (including phenoxy) is 1. The number of hydrogen-bond acceptors (Lipinski definition) is 6. The molecule has 1 saturated heterocycles. The van der Waals surface area contributed by atoms with Crippen LogP contribution >= 0.6 is 11.6 Å². The second-order valence-corrected chi connectivity index (χ2v) is 4.64. The highest BCUT2D eigenvalue weighted by atomic mass is 35.5. The van der Waals surface area contributed by atoms with Crippen LogP contribution in [0.2, 0.25) is 5.15 Å². The van der Waals surface area contributed by atoms with Crippen LogP contribution < -0.4 is 11.2 Å². The summed E-state index contributed by atoms with van der Waals surface area (Å²) in [5.74, 6) is 0. The Balaban J connectivity index is 2.52. The van der Waals surface area contributed by atoms with Crippen molar-refractivity contribution >= 4 is 11.6 Å². The third-order valence-corrected chi connectivity index (χ3v) is 3.57. The Kier molecular flexibility index (Phi) is 3.79. The minimum atomic E-state index is -1.42. The van der Waals surface area contributed by atoms with Gasteiger partial charge < -0.3 is 20.1 Å². The molecule has 1 fully saturated rings. The van der Waals surface area contributed by atoms with Crippen LogP contribution in [0, 0.1) is 0 Å². The van der Waals surface area contributed by atoms with Crippen LogP contribution in [-0.2, 0) is 11.8 Å². The van der Waals surface area contributed by atoms with Crippen molar-refractivity contribution in [1.29, 1.82) is 0 Å². The molecule has 4 N–H and O–H groups in total. The number of nitrogens with zero attached hydrogens (tertiary/aromatic N) is 1. The van der Waals surface area contributed by atoms with Crippen molar-refractivity contribution in [3.63, 3.8) is 0 Å². The van der Waals surface area contributed by atoms with Gasteiger partial charge in [-0.3, -0.25) is 14.3 Å². The molecule has 1 unspecified atom stereocenters. The van der Waals surface area contributed by atoms with Gasteiger partial charge >= 0.3 is 5.69 Å². The lowest BCUT2D eigenvalue weighted by atomic mass is 10.0. The molecule has 0 aliphatic carbocycles. The molecule has 9 heteroatoms. The number of H-pyrrole nitrogens is 1. The minimum Gasteiger partial charge on any atom is -0.394 e. The number of aromatic amines is 1. The Morgan fingerprint density at radius 2 is 2.00 bits per heavy atom. The molecule has 106 valence electrons. The maximum atomic E-state index is 11.8. The Hall–Kier alpha value is -1.19. The smallest absolute Gasteiger partial charge is 0.329 e. The molecule has 0 bridgehead atoms. The van der Waals surface area contributed by atoms with E-state index in [1.807, 2.05) is 4.98 Å². The maximum absolute atomic E-state index is 11.8. The summed E-state index contributed by atoms with van der Waals surface area (Å²) in [7, 11) is 1.34. The fraction of sp³-hybridized carbons (Fsp3) is 0.600. The second-order valence-electron chi connectivity index (χ2n) is 4.28. The normalized spacial score (nSPS) is 30.8. The summed E-state index contributed by atoms with van der Waals surface area (Å²) in [5, 5.41) is 28.3. The molecule has 0 radical (unpaired) electrons. The van der Waals surface area contributed by atoms with Crippen molar-refractivity contribution in [2.45, 2.75) is 24.4 Å². The molecule has 8 nitrogen and oxygen atoms in total. The van der Waals surface area contributed by atoms with Gasteiger partial charge in [-0.05, 0) is 0 Å². The molecule has 1 aliphatic heterocycles. The zero-order valence-corrected chi connectivity index (χ0v) is 10.7. The highest BCUT2D eigenvalue weighted by molar-refractivity contribution is 6.30. The fourth-order valence-electron chi connectivity index (χ4n) is 2.00. The van der Waals surface area contributed by atoms with Crippen LogP contribution in [0.3, 0.4) is 0 Å². The first-order valence-corrected chi connectivity index (χ1v) is 5.87. The predicted molar refractivity (Wildman–Crippen MR) is 64.0 cm³/mol. The summed E-state index contributed by atoms with van der Waals surface area (Å²) < 4.78 is 6.19. The van der Waals surface area contributed by atoms with Crippen LogP contribution in [0.5, 0.6) is 0 Å². The summed E-state index contributed by atoms with van der Waals surface area (Å²) in [6, 6.07) is 0. The summed E-state index contributed by atoms with van der Waals surface area (Å²) in [6.45, 7) is -0.518. The molecule has 19 heavy (non-hydrogen) atoms. The maximum Gasteiger partial charge on any atom is 0.329 e. The first-order valence-electron chi connectivity index (χ1n) is 5.49. The Morgan fingerprint density at radius 1 is 1.37 bits per heavy atom. The van der Waals surface area contributed by atoms with E-state index < -0.39 is 42.3 Å². The van der Waals surface area contributed by atoms with Gasteiger partial charge in [-0.15, -0.1) is 0 Å². The van der Waals surface area contributed by atoms with Gasteiger partial charge in [0.15, 0.2) is 0 Å². The molecular weight excluding hydrogens is 280 g/mol. The van der Waals surface area contributed by atoms with E-state index in [2.05, 4.69) is 0 Å². The average molecular weight is 293 g/mol. The lowest BCUT2D eigenvalue weighted by Crippen LogP contribution is -2.36. The van der Waals surface area contributed by atoms with Crippen molar-refractivity contribution < 1.29 is 20.1 Å². The summed E-state index contributed by atoms with van der Waals surface area (Å²) in [4.78, 5) is 25.1. The molecule has 2 heterocycles. The van der Waals surface area contributed by atoms with E-state index in [0.717, 1.165) is 4.57 Å². The van der Waals surface area contributed by atoms with Gasteiger partial charge in [0, 0.05) is 7.05 Å². The monoisotopic (exact) mass is 292 g/mol. The van der Waals surface area contributed by atoms with Crippen LogP contribution in [0.4, 0.5) is 0 Å². The molecule has 4 atom stereocenters. The van der Waals surface area contributed by atoms with E-state index in [1.165, 1.54) is 7.05 Å². The SMILES string of the molecule is Cn1c(Cl)c([C@@H]2O[C@H](CO)[C@H](O)C2O)c(=O)[nH]c1=O. The molecule has 0 saturated carbocycles. The van der Waals surface area contributed by atoms with E-state index >= 15 is 0 Å². The number of aliphatic hydroxyl groups is 3. The van der Waals surface area contributed by atoms with Gasteiger partial charge in [-0.2, -0.15) is 0 Å². The van der Waals surface area contributed by atoms with E-state index in [9.17, 15) is 19.8 Å². The predicted octanol–water partition coefficient (Wildman–Crippen LogP) is -2.12. The number of hydrogen-bond donors (Lipinski definition) is 4. The Bertz CT molecular complexity index is 597. The standard InChI is InChI=1S/C10H13ClN2O6/c1-13-8(11)4(9(17)12-10(13)18)7-6(16)5(15)3(2-14)19-7/h3,5-7,14-16H,2H2,1H3,(H,12,17,18)/t3-,5+,6?,7+/m1/s1. The van der Waals surface area contributed by atoms with Crippen molar-refractivity contribution in [2.24, 2.45) is 7.05 Å². The molecule has 1 aliphatic rings. The summed E-state index contributed by atoms with van der Waals surface area (Å²) in [5.41, 5.74) is -1.67. The molecular formula is C10H13ClN2O6. The Labute approximate surface area is 111 Å². The summed E-state index contributed by atoms with van der Waals surface area (Å²) in [6.07, 6.45) is -5.00. The molecule has 0 spiro atoms. The number of aliphatic hydroxyl groups excluding tert-OH is 3. The quantitative estimate of drug-likeness (QED) is 0.462. The van der Waals surface area contributed by atoms with Gasteiger partial charge in [0.25, 0.3) is 5.56 Å². The van der Waals surface area contributed by atoms with E-state index in [4.69, 9.17) is 21.4 Å². The molecule has 1 aromatic heterocycles. The average Bonchev–Trinajstić information content (AvgIpc) is 2.64. The van der Waals surface area contributed by atoms with Crippen LogP contribution in [0.15, 0.2) is 9.59 Å². The van der Waals surface area contributed by atoms with Gasteiger partial charge in [0.05, 0.1) is 12.2 Å². The number of rotatable bonds is 2. The zero-order chi connectivity index (χ0) is 14.3. The van der Waals surface area contributed by atoms with E-state index in [-0.39, 0.29) is 10.7 Å². The molecule has 1 aromatic rings. The molecule has 0 aromatic carbocycles. The van der Waals surface area contributed by atoms with Crippen LogP contribution in [0.1, 0.15) is 11.7 Å². The van der Waals surface area contributed by atoms with Crippen LogP contribution in [0.25, 0.3) is 0 Å². The highest BCUT2D eigenvalue weighted by Crippen LogP contribution is 2.34. The first kappa shape index (κ1) is 14.2. The van der Waals surface area contributed by atoms with Crippen LogP contribution in [-0.4, -0.2) is 49.8 Å². The third kappa shape index (κ3) is 2.21. The number of halogens is 1. The van der Waals surface area contributed by atoms with Gasteiger partial charge in [-0.25, -0.2) is 4.79 Å². The fourth-order valence-corrected chi connectivity index (χ4v) is 2.27. The van der Waals surface area contributed by atoms with E-state index in [1.54, 1.807) is 0 Å². The second kappa shape index (κ2) is 5.06. The minimum absolute atomic E-state index is 0.161. The zero-order valence-electron chi connectivity index (χ0n) is 9.91. The van der Waals surface area contributed by atoms with Gasteiger partial charge in [0.2, 0.25) is 0 Å².